The molecule has 0 unspecified atom stereocenters. The van der Waals surface area contributed by atoms with Gasteiger partial charge in [-0.2, -0.15) is 0 Å². The highest BCUT2D eigenvalue weighted by Gasteiger charge is 2.31. The third kappa shape index (κ3) is 2.75. The Morgan fingerprint density at radius 3 is 3.00 bits per heavy atom. The number of nitrogens with one attached hydrogen (secondary N) is 1. The summed E-state index contributed by atoms with van der Waals surface area (Å²) < 4.78 is 15.1. The maximum atomic E-state index is 13.3. The summed E-state index contributed by atoms with van der Waals surface area (Å²) in [5, 5.41) is 7.47. The molecule has 1 atom stereocenters. The molecule has 0 bridgehead atoms. The number of aromatic amines is 1. The van der Waals surface area contributed by atoms with Crippen molar-refractivity contribution in [2.24, 2.45) is 0 Å². The van der Waals surface area contributed by atoms with E-state index in [0.29, 0.717) is 18.5 Å². The second kappa shape index (κ2) is 6.03. The molecule has 4 rings (SSSR count). The van der Waals surface area contributed by atoms with E-state index >= 15 is 0 Å². The Kier molecular flexibility index (Phi) is 3.72. The molecule has 2 aromatic heterocycles. The summed E-state index contributed by atoms with van der Waals surface area (Å²) in [6, 6.07) is 4.40. The largest absolute Gasteiger partial charge is 0.340 e. The molecule has 1 amide bonds. The lowest BCUT2D eigenvalue weighted by atomic mass is 10.2. The van der Waals surface area contributed by atoms with E-state index in [2.05, 4.69) is 20.2 Å². The van der Waals surface area contributed by atoms with Crippen molar-refractivity contribution in [2.45, 2.75) is 31.8 Å². The van der Waals surface area contributed by atoms with Crippen molar-refractivity contribution in [1.29, 1.82) is 0 Å². The van der Waals surface area contributed by atoms with E-state index in [4.69, 9.17) is 0 Å². The van der Waals surface area contributed by atoms with E-state index in [1.54, 1.807) is 23.3 Å². The van der Waals surface area contributed by atoms with E-state index in [-0.39, 0.29) is 17.8 Å². The summed E-state index contributed by atoms with van der Waals surface area (Å²) in [5.41, 5.74) is 1.38. The molecule has 1 saturated heterocycles. The van der Waals surface area contributed by atoms with Crippen molar-refractivity contribution < 1.29 is 9.18 Å². The molecule has 1 aliphatic rings. The molecule has 0 aliphatic carbocycles. The number of imidazole rings is 1. The minimum Gasteiger partial charge on any atom is -0.340 e. The highest BCUT2D eigenvalue weighted by molar-refractivity contribution is 5.78. The second-order valence-electron chi connectivity index (χ2n) is 5.98. The van der Waals surface area contributed by atoms with Crippen LogP contribution in [0.1, 0.15) is 31.1 Å². The van der Waals surface area contributed by atoms with Gasteiger partial charge in [0, 0.05) is 19.5 Å². The number of likely N-dealkylation sites (tertiary alicyclic amines) is 1. The third-order valence-corrected chi connectivity index (χ3v) is 4.40. The van der Waals surface area contributed by atoms with Gasteiger partial charge in [0.1, 0.15) is 24.3 Å². The summed E-state index contributed by atoms with van der Waals surface area (Å²) in [6.45, 7) is 1.28. The van der Waals surface area contributed by atoms with Gasteiger partial charge in [-0.15, -0.1) is 10.2 Å². The first-order chi connectivity index (χ1) is 11.7. The van der Waals surface area contributed by atoms with Gasteiger partial charge in [-0.05, 0) is 31.0 Å². The van der Waals surface area contributed by atoms with Gasteiger partial charge in [-0.3, -0.25) is 4.79 Å². The molecule has 3 aromatic rings. The summed E-state index contributed by atoms with van der Waals surface area (Å²) >= 11 is 0. The lowest BCUT2D eigenvalue weighted by Crippen LogP contribution is -2.31. The van der Waals surface area contributed by atoms with E-state index in [9.17, 15) is 9.18 Å². The molecular weight excluding hydrogens is 311 g/mol. The van der Waals surface area contributed by atoms with Gasteiger partial charge in [0.15, 0.2) is 0 Å². The van der Waals surface area contributed by atoms with E-state index in [0.717, 1.165) is 30.7 Å². The maximum absolute atomic E-state index is 13.3. The number of carbonyl (C=O) groups is 1. The number of carbonyl (C=O) groups excluding carboxylic acids is 1. The molecular formula is C16H17FN6O. The van der Waals surface area contributed by atoms with Crippen LogP contribution in [0, 0.1) is 5.82 Å². The summed E-state index contributed by atoms with van der Waals surface area (Å²) in [5.74, 6) is 0.509. The second-order valence-corrected chi connectivity index (χ2v) is 5.98. The van der Waals surface area contributed by atoms with Gasteiger partial charge < -0.3 is 14.5 Å². The molecule has 124 valence electrons. The summed E-state index contributed by atoms with van der Waals surface area (Å²) in [4.78, 5) is 22.1. The normalized spacial score (nSPS) is 17.7. The maximum Gasteiger partial charge on any atom is 0.224 e. The fraction of sp³-hybridized carbons (Fsp3) is 0.375. The Bertz CT molecular complexity index is 859. The first kappa shape index (κ1) is 14.8. The lowest BCUT2D eigenvalue weighted by molar-refractivity contribution is -0.132. The molecule has 3 heterocycles. The molecule has 1 aliphatic heterocycles. The molecule has 24 heavy (non-hydrogen) atoms. The summed E-state index contributed by atoms with van der Waals surface area (Å²) in [7, 11) is 0. The Hall–Kier alpha value is -2.77. The van der Waals surface area contributed by atoms with E-state index < -0.39 is 0 Å². The monoisotopic (exact) mass is 328 g/mol. The number of hydrogen-bond donors (Lipinski definition) is 1. The Morgan fingerprint density at radius 1 is 1.33 bits per heavy atom. The predicted octanol–water partition coefficient (Wildman–Crippen LogP) is 2.05. The summed E-state index contributed by atoms with van der Waals surface area (Å²) in [6.07, 6.45) is 5.39. The number of aromatic nitrogens is 5. The molecule has 8 heteroatoms. The number of fused-ring (bicyclic) bond motifs is 1. The molecule has 0 spiro atoms. The minimum atomic E-state index is -0.300. The highest BCUT2D eigenvalue weighted by atomic mass is 19.1. The van der Waals surface area contributed by atoms with Crippen LogP contribution in [0.15, 0.2) is 30.9 Å². The SMILES string of the molecule is O=C(CCn1cnnc1)N1CCC[C@@H]1c1nc2ccc(F)cc2[nH]1. The molecule has 1 N–H and O–H groups in total. The van der Waals surface area contributed by atoms with Crippen molar-refractivity contribution in [2.75, 3.05) is 6.54 Å². The third-order valence-electron chi connectivity index (χ3n) is 4.40. The molecule has 1 aromatic carbocycles. The van der Waals surface area contributed by atoms with Gasteiger partial charge in [0.2, 0.25) is 5.91 Å². The Morgan fingerprint density at radius 2 is 2.17 bits per heavy atom. The van der Waals surface area contributed by atoms with Crippen LogP contribution < -0.4 is 0 Å². The number of benzene rings is 1. The van der Waals surface area contributed by atoms with Crippen molar-refractivity contribution in [3.8, 4) is 0 Å². The lowest BCUT2D eigenvalue weighted by Gasteiger charge is -2.23. The van der Waals surface area contributed by atoms with Crippen LogP contribution in [0.2, 0.25) is 0 Å². The first-order valence-corrected chi connectivity index (χ1v) is 7.98. The van der Waals surface area contributed by atoms with Crippen LogP contribution in [-0.4, -0.2) is 42.1 Å². The fourth-order valence-electron chi connectivity index (χ4n) is 3.21. The number of H-pyrrole nitrogens is 1. The van der Waals surface area contributed by atoms with Crippen molar-refractivity contribution >= 4 is 16.9 Å². The van der Waals surface area contributed by atoms with Crippen LogP contribution in [-0.2, 0) is 11.3 Å². The molecule has 0 radical (unpaired) electrons. The fourth-order valence-corrected chi connectivity index (χ4v) is 3.21. The van der Waals surface area contributed by atoms with Crippen LogP contribution in [0.3, 0.4) is 0 Å². The number of amides is 1. The number of halogens is 1. The Labute approximate surface area is 137 Å². The van der Waals surface area contributed by atoms with Gasteiger partial charge in [0.05, 0.1) is 17.1 Å². The van der Waals surface area contributed by atoms with Gasteiger partial charge in [-0.1, -0.05) is 0 Å². The number of rotatable bonds is 4. The van der Waals surface area contributed by atoms with Crippen molar-refractivity contribution in [3.63, 3.8) is 0 Å². The zero-order valence-corrected chi connectivity index (χ0v) is 13.0. The van der Waals surface area contributed by atoms with Crippen LogP contribution >= 0.6 is 0 Å². The Balaban J connectivity index is 1.51. The quantitative estimate of drug-likeness (QED) is 0.795. The van der Waals surface area contributed by atoms with E-state index in [1.807, 2.05) is 4.90 Å². The van der Waals surface area contributed by atoms with Gasteiger partial charge in [0.25, 0.3) is 0 Å². The van der Waals surface area contributed by atoms with Crippen LogP contribution in [0.5, 0.6) is 0 Å². The first-order valence-electron chi connectivity index (χ1n) is 7.98. The number of nitrogens with zero attached hydrogens (tertiary/aromatic N) is 5. The molecule has 1 fully saturated rings. The number of hydrogen-bond acceptors (Lipinski definition) is 4. The topological polar surface area (TPSA) is 79.7 Å². The minimum absolute atomic E-state index is 0.0751. The van der Waals surface area contributed by atoms with E-state index in [1.165, 1.54) is 12.1 Å². The van der Waals surface area contributed by atoms with Crippen LogP contribution in [0.25, 0.3) is 11.0 Å². The van der Waals surface area contributed by atoms with Gasteiger partial charge in [-0.25, -0.2) is 9.37 Å². The zero-order chi connectivity index (χ0) is 16.5. The highest BCUT2D eigenvalue weighted by Crippen LogP contribution is 2.32. The molecule has 0 saturated carbocycles. The smallest absolute Gasteiger partial charge is 0.224 e. The average Bonchev–Trinajstić information content (AvgIpc) is 3.30. The van der Waals surface area contributed by atoms with Crippen molar-refractivity contribution in [3.05, 3.63) is 42.5 Å². The average molecular weight is 328 g/mol. The number of aryl methyl sites for hydroxylation is 1. The molecule has 7 nitrogen and oxygen atoms in total. The van der Waals surface area contributed by atoms with Gasteiger partial charge >= 0.3 is 0 Å². The standard InChI is InChI=1S/C16H17FN6O/c17-11-3-4-12-13(8-11)21-16(20-12)14-2-1-6-23(14)15(24)5-7-22-9-18-19-10-22/h3-4,8-10,14H,1-2,5-7H2,(H,20,21)/t14-/m1/s1. The van der Waals surface area contributed by atoms with Crippen LogP contribution in [0.4, 0.5) is 4.39 Å². The van der Waals surface area contributed by atoms with Crippen molar-refractivity contribution in [1.82, 2.24) is 29.6 Å². The zero-order valence-electron chi connectivity index (χ0n) is 13.0. The predicted molar refractivity (Wildman–Crippen MR) is 84.4 cm³/mol.